The number of hydrogen-bond acceptors (Lipinski definition) is 3. The third-order valence-electron chi connectivity index (χ3n) is 2.91. The Morgan fingerprint density at radius 2 is 2.00 bits per heavy atom. The van der Waals surface area contributed by atoms with E-state index in [0.717, 1.165) is 0 Å². The van der Waals surface area contributed by atoms with Crippen LogP contribution in [0.1, 0.15) is 13.8 Å². The third-order valence-corrected chi connectivity index (χ3v) is 3.57. The second kappa shape index (κ2) is 7.35. The predicted molar refractivity (Wildman–Crippen MR) is 76.6 cm³/mol. The molecular formula is C13H16BrFN2O3. The van der Waals surface area contributed by atoms with Gasteiger partial charge in [-0.1, -0.05) is 13.0 Å². The Labute approximate surface area is 124 Å². The summed E-state index contributed by atoms with van der Waals surface area (Å²) in [4.78, 5) is 23.3. The van der Waals surface area contributed by atoms with E-state index in [-0.39, 0.29) is 24.3 Å². The summed E-state index contributed by atoms with van der Waals surface area (Å²) >= 11 is 3.09. The van der Waals surface area contributed by atoms with E-state index in [1.165, 1.54) is 12.1 Å². The number of halogens is 2. The minimum absolute atomic E-state index is 0.0875. The van der Waals surface area contributed by atoms with Crippen molar-refractivity contribution in [2.45, 2.75) is 19.9 Å². The number of rotatable bonds is 4. The Morgan fingerprint density at radius 1 is 1.35 bits per heavy atom. The standard InChI is InChI=1S/C13H16BrFN2O3/c1-7(6-18)8(2)16-12(19)13(20)17-11-9(14)4-3-5-10(11)15/h3-5,7-8,18H,6H2,1-2H3,(H,16,19)(H,17,20). The van der Waals surface area contributed by atoms with Crippen LogP contribution in [0.3, 0.4) is 0 Å². The summed E-state index contributed by atoms with van der Waals surface area (Å²) in [5.41, 5.74) is -0.0875. The van der Waals surface area contributed by atoms with Crippen molar-refractivity contribution < 1.29 is 19.1 Å². The number of carbonyl (C=O) groups excluding carboxylic acids is 2. The van der Waals surface area contributed by atoms with Crippen molar-refractivity contribution in [3.05, 3.63) is 28.5 Å². The van der Waals surface area contributed by atoms with E-state index in [1.807, 2.05) is 0 Å². The van der Waals surface area contributed by atoms with Gasteiger partial charge in [-0.05, 0) is 40.9 Å². The summed E-state index contributed by atoms with van der Waals surface area (Å²) in [5, 5.41) is 13.6. The summed E-state index contributed by atoms with van der Waals surface area (Å²) in [5.74, 6) is -2.68. The molecule has 0 spiro atoms. The lowest BCUT2D eigenvalue weighted by atomic mass is 10.1. The van der Waals surface area contributed by atoms with Crippen LogP contribution in [0.15, 0.2) is 22.7 Å². The van der Waals surface area contributed by atoms with Crippen molar-refractivity contribution in [3.8, 4) is 0 Å². The monoisotopic (exact) mass is 346 g/mol. The highest BCUT2D eigenvalue weighted by atomic mass is 79.9. The largest absolute Gasteiger partial charge is 0.396 e. The van der Waals surface area contributed by atoms with Gasteiger partial charge in [0.15, 0.2) is 0 Å². The molecule has 0 radical (unpaired) electrons. The number of aliphatic hydroxyl groups is 1. The van der Waals surface area contributed by atoms with Crippen molar-refractivity contribution >= 4 is 33.4 Å². The second-order valence-corrected chi connectivity index (χ2v) is 5.33. The first-order valence-electron chi connectivity index (χ1n) is 6.03. The number of anilines is 1. The van der Waals surface area contributed by atoms with Crippen molar-refractivity contribution in [2.24, 2.45) is 5.92 Å². The molecule has 0 saturated heterocycles. The molecule has 110 valence electrons. The SMILES string of the molecule is CC(CO)C(C)NC(=O)C(=O)Nc1c(F)cccc1Br. The molecule has 2 unspecified atom stereocenters. The number of para-hydroxylation sites is 1. The lowest BCUT2D eigenvalue weighted by Crippen LogP contribution is -2.44. The minimum Gasteiger partial charge on any atom is -0.396 e. The Hall–Kier alpha value is -1.47. The number of amides is 2. The summed E-state index contributed by atoms with van der Waals surface area (Å²) in [6.07, 6.45) is 0. The Morgan fingerprint density at radius 3 is 2.55 bits per heavy atom. The number of hydrogen-bond donors (Lipinski definition) is 3. The first-order chi connectivity index (χ1) is 9.36. The number of carbonyl (C=O) groups is 2. The average Bonchev–Trinajstić information content (AvgIpc) is 2.41. The highest BCUT2D eigenvalue weighted by molar-refractivity contribution is 9.10. The highest BCUT2D eigenvalue weighted by Gasteiger charge is 2.21. The molecule has 0 fully saturated rings. The molecule has 0 aliphatic heterocycles. The molecule has 1 aromatic rings. The van der Waals surface area contributed by atoms with Gasteiger partial charge in [0.05, 0.1) is 5.69 Å². The average molecular weight is 347 g/mol. The molecule has 5 nitrogen and oxygen atoms in total. The lowest BCUT2D eigenvalue weighted by Gasteiger charge is -2.19. The minimum atomic E-state index is -0.965. The summed E-state index contributed by atoms with van der Waals surface area (Å²) in [6, 6.07) is 3.82. The van der Waals surface area contributed by atoms with Crippen molar-refractivity contribution in [2.75, 3.05) is 11.9 Å². The normalized spacial score (nSPS) is 13.4. The van der Waals surface area contributed by atoms with Crippen LogP contribution in [-0.4, -0.2) is 29.6 Å². The molecule has 0 saturated carbocycles. The summed E-state index contributed by atoms with van der Waals surface area (Å²) < 4.78 is 13.9. The van der Waals surface area contributed by atoms with Crippen LogP contribution in [0.2, 0.25) is 0 Å². The van der Waals surface area contributed by atoms with Gasteiger partial charge in [0.25, 0.3) is 0 Å². The van der Waals surface area contributed by atoms with E-state index in [0.29, 0.717) is 4.47 Å². The molecule has 0 aliphatic rings. The predicted octanol–water partition coefficient (Wildman–Crippen LogP) is 1.66. The fourth-order valence-electron chi connectivity index (χ4n) is 1.36. The molecule has 1 rings (SSSR count). The molecule has 2 amide bonds. The van der Waals surface area contributed by atoms with Gasteiger partial charge in [-0.15, -0.1) is 0 Å². The topological polar surface area (TPSA) is 78.4 Å². The smallest absolute Gasteiger partial charge is 0.313 e. The first kappa shape index (κ1) is 16.6. The van der Waals surface area contributed by atoms with Gasteiger partial charge in [-0.2, -0.15) is 0 Å². The number of aliphatic hydroxyl groups excluding tert-OH is 1. The molecule has 1 aromatic carbocycles. The first-order valence-corrected chi connectivity index (χ1v) is 6.82. The Balaban J connectivity index is 2.69. The van der Waals surface area contributed by atoms with E-state index in [9.17, 15) is 14.0 Å². The van der Waals surface area contributed by atoms with Crippen molar-refractivity contribution in [1.29, 1.82) is 0 Å². The van der Waals surface area contributed by atoms with Gasteiger partial charge in [0, 0.05) is 17.1 Å². The highest BCUT2D eigenvalue weighted by Crippen LogP contribution is 2.24. The molecule has 0 aromatic heterocycles. The van der Waals surface area contributed by atoms with E-state index < -0.39 is 17.6 Å². The van der Waals surface area contributed by atoms with Crippen LogP contribution < -0.4 is 10.6 Å². The van der Waals surface area contributed by atoms with Crippen LogP contribution in [-0.2, 0) is 9.59 Å². The van der Waals surface area contributed by atoms with Gasteiger partial charge in [-0.25, -0.2) is 4.39 Å². The van der Waals surface area contributed by atoms with Gasteiger partial charge in [0.2, 0.25) is 0 Å². The molecular weight excluding hydrogens is 331 g/mol. The maximum Gasteiger partial charge on any atom is 0.313 e. The summed E-state index contributed by atoms with van der Waals surface area (Å²) in [7, 11) is 0. The van der Waals surface area contributed by atoms with Crippen LogP contribution in [0.25, 0.3) is 0 Å². The second-order valence-electron chi connectivity index (χ2n) is 4.47. The molecule has 7 heteroatoms. The van der Waals surface area contributed by atoms with Crippen LogP contribution in [0.5, 0.6) is 0 Å². The fourth-order valence-corrected chi connectivity index (χ4v) is 1.80. The third kappa shape index (κ3) is 4.28. The lowest BCUT2D eigenvalue weighted by molar-refractivity contribution is -0.136. The number of benzene rings is 1. The zero-order valence-electron chi connectivity index (χ0n) is 11.1. The molecule has 0 bridgehead atoms. The van der Waals surface area contributed by atoms with E-state index in [2.05, 4.69) is 26.6 Å². The quantitative estimate of drug-likeness (QED) is 0.725. The van der Waals surface area contributed by atoms with E-state index in [1.54, 1.807) is 19.9 Å². The van der Waals surface area contributed by atoms with Crippen molar-refractivity contribution in [1.82, 2.24) is 5.32 Å². The van der Waals surface area contributed by atoms with Gasteiger partial charge >= 0.3 is 11.8 Å². The molecule has 3 N–H and O–H groups in total. The molecule has 2 atom stereocenters. The Kier molecular flexibility index (Phi) is 6.09. The molecule has 0 aliphatic carbocycles. The molecule has 0 heterocycles. The van der Waals surface area contributed by atoms with E-state index >= 15 is 0 Å². The zero-order valence-corrected chi connectivity index (χ0v) is 12.7. The van der Waals surface area contributed by atoms with Crippen molar-refractivity contribution in [3.63, 3.8) is 0 Å². The van der Waals surface area contributed by atoms with Crippen LogP contribution in [0, 0.1) is 11.7 Å². The summed E-state index contributed by atoms with van der Waals surface area (Å²) in [6.45, 7) is 3.29. The zero-order chi connectivity index (χ0) is 15.3. The fraction of sp³-hybridized carbons (Fsp3) is 0.385. The van der Waals surface area contributed by atoms with Gasteiger partial charge in [-0.3, -0.25) is 9.59 Å². The molecule has 20 heavy (non-hydrogen) atoms. The maximum absolute atomic E-state index is 13.5. The number of nitrogens with one attached hydrogen (secondary N) is 2. The van der Waals surface area contributed by atoms with E-state index in [4.69, 9.17) is 5.11 Å². The Bertz CT molecular complexity index is 490. The van der Waals surface area contributed by atoms with Crippen LogP contribution in [0.4, 0.5) is 10.1 Å². The van der Waals surface area contributed by atoms with Gasteiger partial charge < -0.3 is 15.7 Å². The van der Waals surface area contributed by atoms with Gasteiger partial charge in [0.1, 0.15) is 5.82 Å². The van der Waals surface area contributed by atoms with Crippen LogP contribution >= 0.6 is 15.9 Å². The maximum atomic E-state index is 13.5.